The molecule has 13 N–H and O–H groups in total. The van der Waals surface area contributed by atoms with Crippen LogP contribution in [0.25, 0.3) is 19.4 Å². The molecule has 5 aliphatic heterocycles. The van der Waals surface area contributed by atoms with Crippen molar-refractivity contribution in [3.05, 3.63) is 199 Å². The SMILES string of the molecule is CC(C)(C)C=O.Cc1ccc(C[C@H](N)B2OC(C)(C)C(C)(C)O2)cc1.Cl.N#CCC(=O)O.OC[C@H]1CCCCN1.[C-]#[N+]C(=CC(C)(C)C)C(=O)N1CCCC[C@@H]1CO.[C-]#[N+]C(=CC(C)(C)C)C(=O)N1CCCC[C@@H]1COC(=O)N[C@@H](Cc1ccc(C)cc1)B(O)O.[C-]#[N+]C(=CC(C)(C)C)C(=O)N1CCCC[C@@H]1COC(=O)N[C@@H](Cc1ccc(C)cc1)B(O)O.[C-]#[N+]C(=CC(C)(C)C)C(=O)O. The number of allylic oxidation sites excluding steroid dienone is 4. The number of nitrogens with zero attached hydrogens (tertiary/aromatic N) is 8. The molecule has 0 radical (unpaired) electrons. The van der Waals surface area contributed by atoms with Crippen molar-refractivity contribution in [1.29, 1.82) is 5.26 Å². The third kappa shape index (κ3) is 52.0. The van der Waals surface area contributed by atoms with Gasteiger partial charge in [0.05, 0.1) is 86.8 Å². The predicted octanol–water partition coefficient (Wildman–Crippen LogP) is 14.1. The standard InChI is InChI=1S/2C24H34BN3O5.C15H24BNO2.C14H22N2O2.C8H11NO2.C6H13NO.C5H10O.C3H3NO2.ClH/c2*1-17-9-11-18(12-10-17)14-21(25(31)32)27-23(30)33-16-19-8-6-7-13-28(19)22(29)20(26-5)15-24(2,3)4;1-11-6-8-12(9-7-11)10-13(17)16-18-14(2,3)15(4,5)19-16;1-14(2,3)9-12(15-4)13(18)16-8-6-5-7-11(16)10-17;1-8(2,3)5-6(9-4)7(10)11;8-5-6-3-1-2-4-7-6;1-5(2,3)4-6;4-2-1-3(5)6;/h2*9-12,15,19,21,31-32H,6-8,13-14,16H2,1-4H3,(H,27,30);6-9,13H,10,17H2,1-5H3;9,11,17H,5-8,10H2,1-3H3;5H,1-3H3,(H,10,11);6-8H,1-5H2;4H,1-3H3;1H2,(H,5,6);1H/t2*19-,21+;13-;11-;;6-;;;/m1101.1.../s1. The smallest absolute Gasteiger partial charge is 0.476 e. The van der Waals surface area contributed by atoms with Gasteiger partial charge in [-0.1, -0.05) is 224 Å². The molecule has 0 bridgehead atoms. The number of piperidine rings is 4. The van der Waals surface area contributed by atoms with Crippen molar-refractivity contribution in [2.45, 2.75) is 308 Å². The van der Waals surface area contributed by atoms with Crippen molar-refractivity contribution < 1.29 is 97.7 Å². The quantitative estimate of drug-likeness (QED) is 0.0192. The maximum absolute atomic E-state index is 13.0. The van der Waals surface area contributed by atoms with Crippen LogP contribution in [0.5, 0.6) is 0 Å². The summed E-state index contributed by atoms with van der Waals surface area (Å²) in [6.07, 6.45) is 17.9. The van der Waals surface area contributed by atoms with Gasteiger partial charge in [-0.3, -0.25) is 24.0 Å². The Morgan fingerprint density at radius 3 is 1.06 bits per heavy atom. The predicted molar refractivity (Wildman–Crippen MR) is 528 cm³/mol. The molecule has 0 saturated carbocycles. The largest absolute Gasteiger partial charge is 0.486 e. The number of halogens is 1. The van der Waals surface area contributed by atoms with Crippen LogP contribution < -0.4 is 21.7 Å². The highest BCUT2D eigenvalue weighted by atomic mass is 35.5. The second kappa shape index (κ2) is 61.0. The van der Waals surface area contributed by atoms with E-state index < -0.39 is 56.7 Å². The Kier molecular flexibility index (Phi) is 56.4. The summed E-state index contributed by atoms with van der Waals surface area (Å²) in [6.45, 7) is 74.3. The van der Waals surface area contributed by atoms with Gasteiger partial charge in [0.2, 0.25) is 17.1 Å². The number of benzene rings is 3. The molecular formula is C99H152B3ClN12O20. The molecule has 5 heterocycles. The van der Waals surface area contributed by atoms with Crippen LogP contribution in [0.2, 0.25) is 0 Å². The lowest BCUT2D eigenvalue weighted by molar-refractivity contribution is -0.136. The van der Waals surface area contributed by atoms with Crippen molar-refractivity contribution in [2.24, 2.45) is 32.8 Å². The lowest BCUT2D eigenvalue weighted by Crippen LogP contribution is -2.50. The summed E-state index contributed by atoms with van der Waals surface area (Å²) in [5, 5.41) is 88.7. The molecule has 5 aliphatic rings. The molecule has 7 atom stereocenters. The Morgan fingerprint density at radius 2 is 0.822 bits per heavy atom. The number of carboxylic acid groups (broad SMARTS) is 2. The van der Waals surface area contributed by atoms with E-state index >= 15 is 0 Å². The number of hydrogen-bond acceptors (Lipinski definition) is 21. The number of aldehydes is 1. The monoisotopic (exact) mass is 1900 g/mol. The number of carbonyl (C=O) groups is 8. The van der Waals surface area contributed by atoms with Gasteiger partial charge in [-0.25, -0.2) is 29.0 Å². The normalized spacial score (nSPS) is 18.3. The number of aliphatic hydroxyl groups excluding tert-OH is 2. The molecule has 5 saturated heterocycles. The number of aliphatic carboxylic acids is 2. The Bertz CT molecular complexity index is 4370. The zero-order valence-corrected chi connectivity index (χ0v) is 84.4. The van der Waals surface area contributed by atoms with Crippen molar-refractivity contribution >= 4 is 81.9 Å². The number of amides is 5. The minimum atomic E-state index is -1.75. The molecule has 0 spiro atoms. The highest BCUT2D eigenvalue weighted by molar-refractivity contribution is 6.47. The number of nitrogens with one attached hydrogen (secondary N) is 3. The number of aliphatic hydroxyl groups is 2. The summed E-state index contributed by atoms with van der Waals surface area (Å²) >= 11 is 0. The van der Waals surface area contributed by atoms with Crippen LogP contribution in [-0.4, -0.2) is 231 Å². The zero-order valence-electron chi connectivity index (χ0n) is 83.6. The van der Waals surface area contributed by atoms with Gasteiger partial charge < -0.3 is 100 Å². The fourth-order valence-electron chi connectivity index (χ4n) is 13.4. The number of hydrogen-bond donors (Lipinski definition) is 12. The van der Waals surface area contributed by atoms with E-state index in [0.717, 1.165) is 92.9 Å². The molecule has 0 aromatic heterocycles. The van der Waals surface area contributed by atoms with Gasteiger partial charge in [-0.2, -0.15) is 5.26 Å². The van der Waals surface area contributed by atoms with Crippen LogP contribution in [0, 0.1) is 85.5 Å². The maximum atomic E-state index is 13.0. The van der Waals surface area contributed by atoms with Crippen molar-refractivity contribution in [1.82, 2.24) is 30.7 Å². The van der Waals surface area contributed by atoms with Crippen LogP contribution in [0.4, 0.5) is 9.59 Å². The molecule has 36 heteroatoms. The summed E-state index contributed by atoms with van der Waals surface area (Å²) in [6, 6.07) is 24.6. The lowest BCUT2D eigenvalue weighted by atomic mass is 9.75. The number of rotatable bonds is 22. The van der Waals surface area contributed by atoms with E-state index in [1.807, 2.05) is 194 Å². The van der Waals surface area contributed by atoms with Gasteiger partial charge in [-0.15, -0.1) is 12.4 Å². The van der Waals surface area contributed by atoms with E-state index in [-0.39, 0.29) is 155 Å². The van der Waals surface area contributed by atoms with Gasteiger partial charge in [0.25, 0.3) is 23.4 Å². The molecule has 0 aliphatic carbocycles. The third-order valence-corrected chi connectivity index (χ3v) is 21.2. The summed E-state index contributed by atoms with van der Waals surface area (Å²) in [5.41, 5.74) is 10.8. The van der Waals surface area contributed by atoms with E-state index in [1.165, 1.54) is 36.1 Å². The minimum Gasteiger partial charge on any atom is -0.486 e. The molecule has 3 aromatic carbocycles. The third-order valence-electron chi connectivity index (χ3n) is 21.2. The van der Waals surface area contributed by atoms with Gasteiger partial charge >= 0.3 is 45.5 Å². The van der Waals surface area contributed by atoms with E-state index in [0.29, 0.717) is 45.1 Å². The fourth-order valence-corrected chi connectivity index (χ4v) is 13.4. The van der Waals surface area contributed by atoms with Crippen LogP contribution in [-0.2, 0) is 66.8 Å². The number of alkyl carbamates (subject to hydrolysis) is 2. The number of carboxylic acids is 2. The molecule has 32 nitrogen and oxygen atoms in total. The number of ether oxygens (including phenoxy) is 2. The molecule has 5 amide bonds. The first-order chi connectivity index (χ1) is 62.2. The van der Waals surface area contributed by atoms with Gasteiger partial charge in [0.15, 0.2) is 0 Å². The summed E-state index contributed by atoms with van der Waals surface area (Å²) < 4.78 is 22.7. The number of nitrogens with two attached hydrogens (primary N) is 1. The van der Waals surface area contributed by atoms with Gasteiger partial charge in [0.1, 0.15) is 25.9 Å². The van der Waals surface area contributed by atoms with Crippen molar-refractivity contribution in [2.75, 3.05) is 52.6 Å². The Hall–Kier alpha value is -10.3. The van der Waals surface area contributed by atoms with Gasteiger partial charge in [-0.05, 0) is 183 Å². The highest BCUT2D eigenvalue weighted by Gasteiger charge is 2.53. The van der Waals surface area contributed by atoms with Crippen LogP contribution >= 0.6 is 12.4 Å². The molecular weight excluding hydrogens is 1750 g/mol. The molecule has 5 fully saturated rings. The number of carbonyl (C=O) groups excluding carboxylic acids is 6. The fraction of sp³-hybridized carbons (Fsp3) is 0.606. The average molecular weight is 1900 g/mol. The Morgan fingerprint density at radius 1 is 0.519 bits per heavy atom. The molecule has 3 aromatic rings. The lowest BCUT2D eigenvalue weighted by Gasteiger charge is -2.35. The highest BCUT2D eigenvalue weighted by Crippen LogP contribution is 2.38. The summed E-state index contributed by atoms with van der Waals surface area (Å²) in [4.78, 5) is 111. The summed E-state index contributed by atoms with van der Waals surface area (Å²) in [5.74, 6) is -5.19. The van der Waals surface area contributed by atoms with Gasteiger partial charge in [0, 0.05) is 37.0 Å². The Labute approximate surface area is 809 Å². The maximum Gasteiger partial charge on any atom is 0.476 e. The number of aryl methyl sites for hydroxylation is 3. The summed E-state index contributed by atoms with van der Waals surface area (Å²) in [7, 11) is -3.85. The Balaban J connectivity index is 0.00000163. The molecule has 8 rings (SSSR count). The average Bonchev–Trinajstić information content (AvgIpc) is 1.63. The minimum absolute atomic E-state index is 0. The second-order valence-corrected chi connectivity index (χ2v) is 40.4. The molecule has 744 valence electrons. The first-order valence-corrected chi connectivity index (χ1v) is 45.7. The molecule has 0 unspecified atom stereocenters. The number of nitriles is 1. The van der Waals surface area contributed by atoms with Crippen LogP contribution in [0.1, 0.15) is 248 Å². The first-order valence-electron chi connectivity index (χ1n) is 45.7. The van der Waals surface area contributed by atoms with E-state index in [1.54, 1.807) is 32.9 Å². The van der Waals surface area contributed by atoms with Crippen LogP contribution in [0.3, 0.4) is 0 Å². The topological polar surface area (TPSA) is 448 Å². The first kappa shape index (κ1) is 125. The van der Waals surface area contributed by atoms with Crippen LogP contribution in [0.15, 0.2) is 120 Å². The van der Waals surface area contributed by atoms with Crippen molar-refractivity contribution in [3.8, 4) is 6.07 Å². The van der Waals surface area contributed by atoms with E-state index in [9.17, 15) is 63.6 Å². The van der Waals surface area contributed by atoms with Crippen molar-refractivity contribution in [3.63, 3.8) is 0 Å². The van der Waals surface area contributed by atoms with E-state index in [4.69, 9.17) is 71.4 Å². The second-order valence-electron chi connectivity index (χ2n) is 40.4. The van der Waals surface area contributed by atoms with E-state index in [2.05, 4.69) is 66.5 Å². The molecule has 135 heavy (non-hydrogen) atoms. The zero-order chi connectivity index (χ0) is 102. The number of likely N-dealkylation sites (tertiary alicyclic amines) is 3.